The first-order valence-electron chi connectivity index (χ1n) is 5.90. The van der Waals surface area contributed by atoms with E-state index in [4.69, 9.17) is 0 Å². The normalized spacial score (nSPS) is 23.8. The monoisotopic (exact) mass is 242 g/mol. The minimum atomic E-state index is 0. The summed E-state index contributed by atoms with van der Waals surface area (Å²) in [5.74, 6) is 1.05. The van der Waals surface area contributed by atoms with E-state index in [9.17, 15) is 0 Å². The van der Waals surface area contributed by atoms with Crippen LogP contribution in [0, 0.1) is 0 Å². The summed E-state index contributed by atoms with van der Waals surface area (Å²) in [6.45, 7) is 4.48. The van der Waals surface area contributed by atoms with E-state index in [1.54, 1.807) is 0 Å². The van der Waals surface area contributed by atoms with E-state index in [1.165, 1.54) is 12.8 Å². The third-order valence-corrected chi connectivity index (χ3v) is 3.68. The quantitative estimate of drug-likeness (QED) is 0.858. The maximum Gasteiger partial charge on any atom is 0.156 e. The topological polar surface area (TPSA) is 42.7 Å². The molecule has 5 heteroatoms. The first-order valence-corrected chi connectivity index (χ1v) is 5.90. The number of nitrogens with zero attached hydrogens (tertiary/aromatic N) is 3. The Balaban J connectivity index is 0.000000963. The summed E-state index contributed by atoms with van der Waals surface area (Å²) >= 11 is 0. The Kier molecular flexibility index (Phi) is 3.22. The van der Waals surface area contributed by atoms with E-state index >= 15 is 0 Å². The van der Waals surface area contributed by atoms with Crippen LogP contribution in [0.5, 0.6) is 0 Å². The highest BCUT2D eigenvalue weighted by atomic mass is 35.5. The van der Waals surface area contributed by atoms with Crippen LogP contribution in [0.1, 0.15) is 44.5 Å². The summed E-state index contributed by atoms with van der Waals surface area (Å²) in [6, 6.07) is 0.650. The molecule has 1 aromatic rings. The number of aromatic nitrogens is 3. The molecule has 2 fully saturated rings. The van der Waals surface area contributed by atoms with Gasteiger partial charge in [-0.05, 0) is 38.8 Å². The molecule has 16 heavy (non-hydrogen) atoms. The van der Waals surface area contributed by atoms with Crippen molar-refractivity contribution >= 4 is 12.4 Å². The number of hydrogen-bond donors (Lipinski definition) is 1. The average Bonchev–Trinajstić information content (AvgIpc) is 2.97. The summed E-state index contributed by atoms with van der Waals surface area (Å²) in [7, 11) is 0. The van der Waals surface area contributed by atoms with Crippen molar-refractivity contribution in [3.8, 4) is 0 Å². The Bertz CT molecular complexity index is 353. The fourth-order valence-corrected chi connectivity index (χ4v) is 2.27. The lowest BCUT2D eigenvalue weighted by Crippen LogP contribution is -2.38. The van der Waals surface area contributed by atoms with Gasteiger partial charge in [-0.1, -0.05) is 6.92 Å². The smallest absolute Gasteiger partial charge is 0.156 e. The van der Waals surface area contributed by atoms with Gasteiger partial charge in [0.05, 0.1) is 6.04 Å². The Morgan fingerprint density at radius 3 is 2.69 bits per heavy atom. The predicted molar refractivity (Wildman–Crippen MR) is 65.0 cm³/mol. The number of hydrogen-bond acceptors (Lipinski definition) is 3. The van der Waals surface area contributed by atoms with Crippen molar-refractivity contribution in [2.24, 2.45) is 0 Å². The summed E-state index contributed by atoms with van der Waals surface area (Å²) in [5, 5.41) is 8.03. The molecule has 1 aliphatic heterocycles. The molecule has 1 saturated heterocycles. The van der Waals surface area contributed by atoms with Crippen molar-refractivity contribution < 1.29 is 0 Å². The summed E-state index contributed by atoms with van der Waals surface area (Å²) in [6.07, 6.45) is 6.78. The molecule has 1 N–H and O–H groups in total. The lowest BCUT2D eigenvalue weighted by molar-refractivity contribution is 0.317. The van der Waals surface area contributed by atoms with E-state index < -0.39 is 0 Å². The van der Waals surface area contributed by atoms with E-state index in [1.807, 2.05) is 6.33 Å². The van der Waals surface area contributed by atoms with Gasteiger partial charge in [0.2, 0.25) is 0 Å². The van der Waals surface area contributed by atoms with Crippen molar-refractivity contribution in [3.05, 3.63) is 12.2 Å². The molecule has 0 unspecified atom stereocenters. The van der Waals surface area contributed by atoms with Crippen molar-refractivity contribution in [2.75, 3.05) is 13.1 Å². The average molecular weight is 243 g/mol. The molecule has 2 aliphatic rings. The van der Waals surface area contributed by atoms with Gasteiger partial charge >= 0.3 is 0 Å². The van der Waals surface area contributed by atoms with Gasteiger partial charge in [0.15, 0.2) is 5.82 Å². The fraction of sp³-hybridized carbons (Fsp3) is 0.818. The number of rotatable bonds is 2. The van der Waals surface area contributed by atoms with Crippen LogP contribution in [0.25, 0.3) is 0 Å². The minimum absolute atomic E-state index is 0. The molecule has 4 nitrogen and oxygen atoms in total. The molecule has 0 amide bonds. The molecule has 90 valence electrons. The lowest BCUT2D eigenvalue weighted by atomic mass is 9.80. The second-order valence-corrected chi connectivity index (χ2v) is 5.09. The second-order valence-electron chi connectivity index (χ2n) is 5.09. The maximum atomic E-state index is 4.65. The van der Waals surface area contributed by atoms with Gasteiger partial charge in [-0.2, -0.15) is 5.10 Å². The molecule has 3 rings (SSSR count). The van der Waals surface area contributed by atoms with Crippen LogP contribution in [0.3, 0.4) is 0 Å². The SMILES string of the molecule is CC1(c2ncn(C3CC3)n2)CCNCC1.Cl. The Morgan fingerprint density at radius 2 is 2.06 bits per heavy atom. The highest BCUT2D eigenvalue weighted by Gasteiger charge is 2.34. The van der Waals surface area contributed by atoms with E-state index in [2.05, 4.69) is 27.0 Å². The van der Waals surface area contributed by atoms with Crippen molar-refractivity contribution in [1.82, 2.24) is 20.1 Å². The zero-order valence-electron chi connectivity index (χ0n) is 9.65. The minimum Gasteiger partial charge on any atom is -0.317 e. The number of piperidine rings is 1. The zero-order valence-corrected chi connectivity index (χ0v) is 10.5. The van der Waals surface area contributed by atoms with E-state index in [-0.39, 0.29) is 17.8 Å². The van der Waals surface area contributed by atoms with Crippen LogP contribution in [0.2, 0.25) is 0 Å². The Morgan fingerprint density at radius 1 is 1.38 bits per heavy atom. The molecule has 0 atom stereocenters. The maximum absolute atomic E-state index is 4.65. The van der Waals surface area contributed by atoms with Crippen LogP contribution < -0.4 is 5.32 Å². The first-order chi connectivity index (χ1) is 7.28. The van der Waals surface area contributed by atoms with Gasteiger partial charge in [0.25, 0.3) is 0 Å². The van der Waals surface area contributed by atoms with Crippen LogP contribution in [0.15, 0.2) is 6.33 Å². The van der Waals surface area contributed by atoms with Crippen molar-refractivity contribution in [1.29, 1.82) is 0 Å². The molecule has 1 saturated carbocycles. The number of nitrogens with one attached hydrogen (secondary N) is 1. The molecular formula is C11H19ClN4. The molecule has 2 heterocycles. The highest BCUT2D eigenvalue weighted by molar-refractivity contribution is 5.85. The zero-order chi connectivity index (χ0) is 10.3. The third-order valence-electron chi connectivity index (χ3n) is 3.68. The fourth-order valence-electron chi connectivity index (χ4n) is 2.27. The Hall–Kier alpha value is -0.610. The molecular weight excluding hydrogens is 224 g/mol. The lowest BCUT2D eigenvalue weighted by Gasteiger charge is -2.31. The molecule has 1 aliphatic carbocycles. The Labute approximate surface area is 102 Å². The van der Waals surface area contributed by atoms with Gasteiger partial charge in [-0.15, -0.1) is 12.4 Å². The van der Waals surface area contributed by atoms with Crippen LogP contribution in [-0.2, 0) is 5.41 Å². The van der Waals surface area contributed by atoms with E-state index in [0.29, 0.717) is 6.04 Å². The van der Waals surface area contributed by atoms with Gasteiger partial charge in [-0.25, -0.2) is 9.67 Å². The van der Waals surface area contributed by atoms with Gasteiger partial charge in [-0.3, -0.25) is 0 Å². The van der Waals surface area contributed by atoms with Gasteiger partial charge in [0.1, 0.15) is 6.33 Å². The van der Waals surface area contributed by atoms with Gasteiger partial charge < -0.3 is 5.32 Å². The van der Waals surface area contributed by atoms with Crippen LogP contribution >= 0.6 is 12.4 Å². The van der Waals surface area contributed by atoms with Gasteiger partial charge in [0, 0.05) is 5.41 Å². The molecule has 1 aromatic heterocycles. The highest BCUT2D eigenvalue weighted by Crippen LogP contribution is 2.35. The predicted octanol–water partition coefficient (Wildman–Crippen LogP) is 1.68. The van der Waals surface area contributed by atoms with Crippen LogP contribution in [0.4, 0.5) is 0 Å². The molecule has 0 radical (unpaired) electrons. The second kappa shape index (κ2) is 4.34. The first kappa shape index (κ1) is 11.9. The van der Waals surface area contributed by atoms with Crippen molar-refractivity contribution in [2.45, 2.75) is 44.1 Å². The summed E-state index contributed by atoms with van der Waals surface area (Å²) in [4.78, 5) is 4.50. The summed E-state index contributed by atoms with van der Waals surface area (Å²) < 4.78 is 2.06. The summed E-state index contributed by atoms with van der Waals surface area (Å²) in [5.41, 5.74) is 0.200. The largest absolute Gasteiger partial charge is 0.317 e. The third kappa shape index (κ3) is 2.09. The van der Waals surface area contributed by atoms with Crippen molar-refractivity contribution in [3.63, 3.8) is 0 Å². The van der Waals surface area contributed by atoms with Crippen LogP contribution in [-0.4, -0.2) is 27.9 Å². The molecule has 0 spiro atoms. The molecule has 0 aromatic carbocycles. The number of halogens is 1. The van der Waals surface area contributed by atoms with E-state index in [0.717, 1.165) is 31.8 Å². The molecule has 0 bridgehead atoms. The standard InChI is InChI=1S/C11H18N4.ClH/c1-11(4-6-12-7-5-11)10-13-8-15(14-10)9-2-3-9;/h8-9,12H,2-7H2,1H3;1H.